The van der Waals surface area contributed by atoms with Crippen molar-refractivity contribution < 1.29 is 14.3 Å². The van der Waals surface area contributed by atoms with Crippen LogP contribution in [0.5, 0.6) is 0 Å². The Hall–Kier alpha value is -2.62. The normalized spacial score (nSPS) is 18.1. The number of nitrogens with zero attached hydrogens (tertiary/aromatic N) is 1. The Morgan fingerprint density at radius 2 is 1.68 bits per heavy atom. The summed E-state index contributed by atoms with van der Waals surface area (Å²) in [5.41, 5.74) is 2.30. The van der Waals surface area contributed by atoms with Gasteiger partial charge in [-0.15, -0.1) is 0 Å². The average molecular weight is 335 g/mol. The second-order valence-corrected chi connectivity index (χ2v) is 6.80. The molecule has 2 heterocycles. The summed E-state index contributed by atoms with van der Waals surface area (Å²) in [6, 6.07) is 17.7. The van der Waals surface area contributed by atoms with Gasteiger partial charge >= 0.3 is 5.97 Å². The molecule has 4 heteroatoms. The quantitative estimate of drug-likeness (QED) is 0.809. The average Bonchev–Trinajstić information content (AvgIpc) is 2.93. The van der Waals surface area contributed by atoms with Gasteiger partial charge in [-0.1, -0.05) is 48.5 Å². The van der Waals surface area contributed by atoms with Crippen molar-refractivity contribution in [1.29, 1.82) is 0 Å². The summed E-state index contributed by atoms with van der Waals surface area (Å²) in [6.45, 7) is 1.27. The van der Waals surface area contributed by atoms with Gasteiger partial charge in [-0.2, -0.15) is 0 Å². The van der Waals surface area contributed by atoms with E-state index < -0.39 is 5.60 Å². The Bertz CT molecular complexity index is 792. The van der Waals surface area contributed by atoms with Gasteiger partial charge in [-0.3, -0.25) is 4.79 Å². The minimum Gasteiger partial charge on any atom is -0.450 e. The molecular weight excluding hydrogens is 314 g/mol. The summed E-state index contributed by atoms with van der Waals surface area (Å²) in [5.74, 6) is -0.0595. The van der Waals surface area contributed by atoms with E-state index in [0.717, 1.165) is 12.0 Å². The minimum atomic E-state index is -0.538. The maximum absolute atomic E-state index is 12.5. The van der Waals surface area contributed by atoms with Crippen molar-refractivity contribution in [2.75, 3.05) is 13.1 Å². The highest BCUT2D eigenvalue weighted by atomic mass is 16.6. The summed E-state index contributed by atoms with van der Waals surface area (Å²) >= 11 is 0. The molecule has 0 aromatic heterocycles. The van der Waals surface area contributed by atoms with E-state index in [1.165, 1.54) is 5.56 Å². The fourth-order valence-electron chi connectivity index (χ4n) is 3.89. The molecule has 2 aromatic rings. The van der Waals surface area contributed by atoms with Crippen LogP contribution in [0.4, 0.5) is 0 Å². The van der Waals surface area contributed by atoms with Crippen LogP contribution in [0, 0.1) is 0 Å². The second-order valence-electron chi connectivity index (χ2n) is 6.80. The third kappa shape index (κ3) is 2.93. The highest BCUT2D eigenvalue weighted by molar-refractivity contribution is 5.94. The third-order valence-electron chi connectivity index (χ3n) is 5.32. The number of piperidine rings is 1. The van der Waals surface area contributed by atoms with Crippen molar-refractivity contribution in [2.24, 2.45) is 0 Å². The molecule has 2 aromatic carbocycles. The Morgan fingerprint density at radius 3 is 2.44 bits per heavy atom. The standard InChI is InChI=1S/C21H21NO3/c23-19(11-10-16-6-2-1-3-7-16)22-14-12-21(13-15-22)18-9-5-4-8-17(18)20(24)25-21/h1-9H,10-15H2. The van der Waals surface area contributed by atoms with Crippen LogP contribution < -0.4 is 0 Å². The van der Waals surface area contributed by atoms with Crippen molar-refractivity contribution in [3.8, 4) is 0 Å². The van der Waals surface area contributed by atoms with Gasteiger partial charge in [0, 0.05) is 37.9 Å². The molecule has 1 saturated heterocycles. The molecule has 2 aliphatic heterocycles. The minimum absolute atomic E-state index is 0.177. The summed E-state index contributed by atoms with van der Waals surface area (Å²) in [4.78, 5) is 26.5. The molecule has 128 valence electrons. The predicted molar refractivity (Wildman–Crippen MR) is 94.1 cm³/mol. The number of ether oxygens (including phenoxy) is 1. The first-order valence-electron chi connectivity index (χ1n) is 8.82. The van der Waals surface area contributed by atoms with E-state index in [1.54, 1.807) is 0 Å². The predicted octanol–water partition coefficient (Wildman–Crippen LogP) is 3.31. The molecule has 0 bridgehead atoms. The first-order valence-corrected chi connectivity index (χ1v) is 8.82. The lowest BCUT2D eigenvalue weighted by Gasteiger charge is -2.38. The van der Waals surface area contributed by atoms with Gasteiger partial charge in [-0.05, 0) is 18.1 Å². The molecule has 0 radical (unpaired) electrons. The molecule has 2 aliphatic rings. The van der Waals surface area contributed by atoms with Crippen LogP contribution in [0.25, 0.3) is 0 Å². The molecule has 0 N–H and O–H groups in total. The Kier molecular flexibility index (Phi) is 4.04. The van der Waals surface area contributed by atoms with Gasteiger partial charge in [0.15, 0.2) is 0 Å². The Labute approximate surface area is 147 Å². The van der Waals surface area contributed by atoms with Gasteiger partial charge in [-0.25, -0.2) is 4.79 Å². The van der Waals surface area contributed by atoms with Crippen molar-refractivity contribution in [1.82, 2.24) is 4.90 Å². The SMILES string of the molecule is O=C1OC2(CCN(C(=O)CCc3ccccc3)CC2)c2ccccc21. The number of benzene rings is 2. The molecule has 1 amide bonds. The van der Waals surface area contributed by atoms with Crippen molar-refractivity contribution in [3.05, 3.63) is 71.3 Å². The summed E-state index contributed by atoms with van der Waals surface area (Å²) in [7, 11) is 0. The lowest BCUT2D eigenvalue weighted by atomic mass is 9.83. The van der Waals surface area contributed by atoms with E-state index in [4.69, 9.17) is 4.74 Å². The van der Waals surface area contributed by atoms with Gasteiger partial charge in [0.2, 0.25) is 5.91 Å². The fourth-order valence-corrected chi connectivity index (χ4v) is 3.89. The largest absolute Gasteiger partial charge is 0.450 e. The van der Waals surface area contributed by atoms with E-state index in [9.17, 15) is 9.59 Å². The van der Waals surface area contributed by atoms with Crippen molar-refractivity contribution >= 4 is 11.9 Å². The Morgan fingerprint density at radius 1 is 1.00 bits per heavy atom. The highest BCUT2D eigenvalue weighted by Crippen LogP contribution is 2.43. The van der Waals surface area contributed by atoms with E-state index in [-0.39, 0.29) is 11.9 Å². The van der Waals surface area contributed by atoms with E-state index in [0.29, 0.717) is 37.9 Å². The number of fused-ring (bicyclic) bond motifs is 2. The topological polar surface area (TPSA) is 46.6 Å². The van der Waals surface area contributed by atoms with Crippen LogP contribution in [0.1, 0.15) is 40.7 Å². The third-order valence-corrected chi connectivity index (χ3v) is 5.32. The molecule has 0 aliphatic carbocycles. The number of aryl methyl sites for hydroxylation is 1. The maximum Gasteiger partial charge on any atom is 0.339 e. The van der Waals surface area contributed by atoms with Crippen LogP contribution in [-0.2, 0) is 21.6 Å². The fraction of sp³-hybridized carbons (Fsp3) is 0.333. The summed E-state index contributed by atoms with van der Waals surface area (Å²) < 4.78 is 5.74. The highest BCUT2D eigenvalue weighted by Gasteiger charge is 2.47. The molecule has 4 rings (SSSR count). The van der Waals surface area contributed by atoms with Gasteiger partial charge in [0.05, 0.1) is 5.56 Å². The molecule has 0 atom stereocenters. The van der Waals surface area contributed by atoms with Gasteiger partial charge in [0.1, 0.15) is 5.60 Å². The number of amides is 1. The first kappa shape index (κ1) is 15.9. The van der Waals surface area contributed by atoms with E-state index in [1.807, 2.05) is 59.5 Å². The number of hydrogen-bond acceptors (Lipinski definition) is 3. The van der Waals surface area contributed by atoms with E-state index >= 15 is 0 Å². The molecule has 0 saturated carbocycles. The zero-order chi connectivity index (χ0) is 17.3. The van der Waals surface area contributed by atoms with Crippen molar-refractivity contribution in [2.45, 2.75) is 31.3 Å². The molecule has 1 fully saturated rings. The Balaban J connectivity index is 1.39. The number of hydrogen-bond donors (Lipinski definition) is 0. The van der Waals surface area contributed by atoms with Crippen LogP contribution in [0.15, 0.2) is 54.6 Å². The monoisotopic (exact) mass is 335 g/mol. The maximum atomic E-state index is 12.5. The van der Waals surface area contributed by atoms with E-state index in [2.05, 4.69) is 0 Å². The van der Waals surface area contributed by atoms with Crippen LogP contribution in [0.2, 0.25) is 0 Å². The van der Waals surface area contributed by atoms with Crippen molar-refractivity contribution in [3.63, 3.8) is 0 Å². The molecule has 1 spiro atoms. The van der Waals surface area contributed by atoms with Crippen LogP contribution >= 0.6 is 0 Å². The van der Waals surface area contributed by atoms with Crippen LogP contribution in [0.3, 0.4) is 0 Å². The van der Waals surface area contributed by atoms with Gasteiger partial charge < -0.3 is 9.64 Å². The molecule has 4 nitrogen and oxygen atoms in total. The summed E-state index contributed by atoms with van der Waals surface area (Å²) in [5, 5.41) is 0. The lowest BCUT2D eigenvalue weighted by Crippen LogP contribution is -2.45. The van der Waals surface area contributed by atoms with Crippen LogP contribution in [-0.4, -0.2) is 29.9 Å². The number of esters is 1. The smallest absolute Gasteiger partial charge is 0.339 e. The summed E-state index contributed by atoms with van der Waals surface area (Å²) in [6.07, 6.45) is 2.63. The first-order chi connectivity index (χ1) is 12.2. The second kappa shape index (κ2) is 6.36. The lowest BCUT2D eigenvalue weighted by molar-refractivity contribution is -0.135. The number of carbonyl (C=O) groups is 2. The number of likely N-dealkylation sites (tertiary alicyclic amines) is 1. The zero-order valence-electron chi connectivity index (χ0n) is 14.1. The zero-order valence-corrected chi connectivity index (χ0v) is 14.1. The molecule has 25 heavy (non-hydrogen) atoms. The number of carbonyl (C=O) groups excluding carboxylic acids is 2. The van der Waals surface area contributed by atoms with Gasteiger partial charge in [0.25, 0.3) is 0 Å². The number of rotatable bonds is 3. The molecule has 0 unspecified atom stereocenters. The molecular formula is C21H21NO3.